The van der Waals surface area contributed by atoms with E-state index in [1.165, 1.54) is 11.8 Å². The Balaban J connectivity index is 2.41. The number of hydrogen-bond donors (Lipinski definition) is 0. The number of carbonyl (C=O) groups excluding carboxylic acids is 1. The lowest BCUT2D eigenvalue weighted by Gasteiger charge is -2.20. The minimum atomic E-state index is 0.134. The van der Waals surface area contributed by atoms with Crippen LogP contribution in [-0.2, 0) is 5.75 Å². The maximum Gasteiger partial charge on any atom is 0.282 e. The van der Waals surface area contributed by atoms with E-state index < -0.39 is 0 Å². The van der Waals surface area contributed by atoms with Crippen molar-refractivity contribution in [2.75, 3.05) is 13.1 Å². The number of thioether (sulfide) groups is 1. The van der Waals surface area contributed by atoms with Crippen LogP contribution in [0, 0.1) is 6.92 Å². The van der Waals surface area contributed by atoms with Gasteiger partial charge in [-0.2, -0.15) is 0 Å². The van der Waals surface area contributed by atoms with Gasteiger partial charge in [0.15, 0.2) is 0 Å². The molecule has 0 spiro atoms. The summed E-state index contributed by atoms with van der Waals surface area (Å²) in [5.41, 5.74) is 0.828. The summed E-state index contributed by atoms with van der Waals surface area (Å²) in [6, 6.07) is 1.87. The molecule has 0 aliphatic heterocycles. The molecule has 0 radical (unpaired) electrons. The van der Waals surface area contributed by atoms with Gasteiger partial charge in [0.2, 0.25) is 0 Å². The summed E-state index contributed by atoms with van der Waals surface area (Å²) >= 11 is 1.30. The van der Waals surface area contributed by atoms with E-state index in [9.17, 15) is 4.79 Å². The van der Waals surface area contributed by atoms with Crippen LogP contribution in [0.5, 0.6) is 0 Å². The van der Waals surface area contributed by atoms with Crippen LogP contribution in [0.25, 0.3) is 0 Å². The molecule has 0 aromatic carbocycles. The van der Waals surface area contributed by atoms with Gasteiger partial charge in [-0.05, 0) is 19.8 Å². The fourth-order valence-electron chi connectivity index (χ4n) is 1.55. The number of nitrogens with zero attached hydrogens (tertiary/aromatic N) is 2. The van der Waals surface area contributed by atoms with Crippen molar-refractivity contribution in [1.82, 2.24) is 10.1 Å². The monoisotopic (exact) mass is 256 g/mol. The Bertz CT molecular complexity index is 346. The largest absolute Gasteiger partial charge is 0.361 e. The Morgan fingerprint density at radius 3 is 2.53 bits per heavy atom. The zero-order valence-corrected chi connectivity index (χ0v) is 11.5. The van der Waals surface area contributed by atoms with Crippen LogP contribution in [-0.4, -0.2) is 28.4 Å². The zero-order valence-electron chi connectivity index (χ0n) is 10.7. The number of hydrogen-bond acceptors (Lipinski definition) is 4. The molecule has 0 fully saturated rings. The molecule has 0 N–H and O–H groups in total. The third-order valence-corrected chi connectivity index (χ3v) is 3.21. The SMILES string of the molecule is CCCN(CCC)C(=O)SCc1cc(C)on1. The third kappa shape index (κ3) is 4.81. The van der Waals surface area contributed by atoms with Gasteiger partial charge < -0.3 is 9.42 Å². The van der Waals surface area contributed by atoms with Crippen LogP contribution in [0.3, 0.4) is 0 Å². The maximum absolute atomic E-state index is 11.9. The van der Waals surface area contributed by atoms with Crippen molar-refractivity contribution >= 4 is 17.0 Å². The van der Waals surface area contributed by atoms with Crippen LogP contribution in [0.2, 0.25) is 0 Å². The molecule has 0 aliphatic carbocycles. The van der Waals surface area contributed by atoms with E-state index in [1.54, 1.807) is 0 Å². The molecule has 1 heterocycles. The molecule has 0 saturated heterocycles. The first kappa shape index (κ1) is 14.1. The molecule has 0 atom stereocenters. The molecule has 1 aromatic rings. The van der Waals surface area contributed by atoms with E-state index in [2.05, 4.69) is 19.0 Å². The molecule has 1 aromatic heterocycles. The first-order valence-electron chi connectivity index (χ1n) is 6.01. The van der Waals surface area contributed by atoms with Gasteiger partial charge in [0.05, 0.1) is 5.69 Å². The fraction of sp³-hybridized carbons (Fsp3) is 0.667. The van der Waals surface area contributed by atoms with Gasteiger partial charge in [-0.15, -0.1) is 0 Å². The predicted octanol–water partition coefficient (Wildman–Crippen LogP) is 3.46. The predicted molar refractivity (Wildman–Crippen MR) is 70.1 cm³/mol. The summed E-state index contributed by atoms with van der Waals surface area (Å²) in [6.45, 7) is 7.68. The lowest BCUT2D eigenvalue weighted by molar-refractivity contribution is 0.223. The van der Waals surface area contributed by atoms with E-state index in [1.807, 2.05) is 17.9 Å². The first-order chi connectivity index (χ1) is 8.17. The normalized spacial score (nSPS) is 10.5. The van der Waals surface area contributed by atoms with Gasteiger partial charge >= 0.3 is 0 Å². The molecule has 0 unspecified atom stereocenters. The van der Waals surface area contributed by atoms with Crippen molar-refractivity contribution in [2.24, 2.45) is 0 Å². The molecule has 1 rings (SSSR count). The number of amides is 1. The summed E-state index contributed by atoms with van der Waals surface area (Å²) in [6.07, 6.45) is 1.99. The molecule has 96 valence electrons. The van der Waals surface area contributed by atoms with Crippen LogP contribution >= 0.6 is 11.8 Å². The van der Waals surface area contributed by atoms with Crippen molar-refractivity contribution in [2.45, 2.75) is 39.4 Å². The van der Waals surface area contributed by atoms with Gasteiger partial charge in [0.1, 0.15) is 5.76 Å². The molecule has 1 amide bonds. The summed E-state index contributed by atoms with van der Waals surface area (Å²) < 4.78 is 4.96. The van der Waals surface area contributed by atoms with Crippen LogP contribution < -0.4 is 0 Å². The van der Waals surface area contributed by atoms with Crippen LogP contribution in [0.1, 0.15) is 38.1 Å². The van der Waals surface area contributed by atoms with Gasteiger partial charge in [-0.1, -0.05) is 30.8 Å². The highest BCUT2D eigenvalue weighted by atomic mass is 32.2. The fourth-order valence-corrected chi connectivity index (χ4v) is 2.32. The Hall–Kier alpha value is -0.970. The first-order valence-corrected chi connectivity index (χ1v) is 6.99. The Labute approximate surface area is 107 Å². The smallest absolute Gasteiger partial charge is 0.282 e. The molecule has 17 heavy (non-hydrogen) atoms. The highest BCUT2D eigenvalue weighted by Gasteiger charge is 2.13. The Morgan fingerprint density at radius 1 is 1.41 bits per heavy atom. The third-order valence-electron chi connectivity index (χ3n) is 2.27. The van der Waals surface area contributed by atoms with Crippen LogP contribution in [0.15, 0.2) is 10.6 Å². The van der Waals surface area contributed by atoms with E-state index >= 15 is 0 Å². The van der Waals surface area contributed by atoms with E-state index in [0.29, 0.717) is 5.75 Å². The van der Waals surface area contributed by atoms with Crippen molar-refractivity contribution < 1.29 is 9.32 Å². The van der Waals surface area contributed by atoms with Crippen LogP contribution in [0.4, 0.5) is 4.79 Å². The standard InChI is InChI=1S/C12H20N2O2S/c1-4-6-14(7-5-2)12(15)17-9-11-8-10(3)16-13-11/h8H,4-7,9H2,1-3H3. The second-order valence-electron chi connectivity index (χ2n) is 3.97. The van der Waals surface area contributed by atoms with Crippen molar-refractivity contribution in [1.29, 1.82) is 0 Å². The quantitative estimate of drug-likeness (QED) is 0.782. The van der Waals surface area contributed by atoms with E-state index in [-0.39, 0.29) is 5.24 Å². The van der Waals surface area contributed by atoms with E-state index in [4.69, 9.17) is 4.52 Å². The minimum absolute atomic E-state index is 0.134. The lowest BCUT2D eigenvalue weighted by Crippen LogP contribution is -2.29. The van der Waals surface area contributed by atoms with Crippen molar-refractivity contribution in [3.05, 3.63) is 17.5 Å². The summed E-state index contributed by atoms with van der Waals surface area (Å²) in [4.78, 5) is 13.8. The van der Waals surface area contributed by atoms with Crippen molar-refractivity contribution in [3.8, 4) is 0 Å². The minimum Gasteiger partial charge on any atom is -0.361 e. The van der Waals surface area contributed by atoms with Gasteiger partial charge in [-0.25, -0.2) is 0 Å². The molecule has 0 bridgehead atoms. The highest BCUT2D eigenvalue weighted by Crippen LogP contribution is 2.16. The van der Waals surface area contributed by atoms with Gasteiger partial charge in [-0.3, -0.25) is 4.79 Å². The zero-order chi connectivity index (χ0) is 12.7. The number of aromatic nitrogens is 1. The summed E-state index contributed by atoms with van der Waals surface area (Å²) in [5, 5.41) is 4.01. The number of aryl methyl sites for hydroxylation is 1. The van der Waals surface area contributed by atoms with Crippen molar-refractivity contribution in [3.63, 3.8) is 0 Å². The Kier molecular flexibility index (Phi) is 6.11. The Morgan fingerprint density at radius 2 is 2.06 bits per heavy atom. The average Bonchev–Trinajstić information content (AvgIpc) is 2.72. The maximum atomic E-state index is 11.9. The molecular weight excluding hydrogens is 236 g/mol. The molecule has 0 aliphatic rings. The second-order valence-corrected chi connectivity index (χ2v) is 4.90. The molecule has 0 saturated carbocycles. The highest BCUT2D eigenvalue weighted by molar-refractivity contribution is 8.12. The van der Waals surface area contributed by atoms with Gasteiger partial charge in [0, 0.05) is 24.9 Å². The molecule has 5 heteroatoms. The van der Waals surface area contributed by atoms with Gasteiger partial charge in [0.25, 0.3) is 5.24 Å². The summed E-state index contributed by atoms with van der Waals surface area (Å²) in [5.74, 6) is 1.37. The summed E-state index contributed by atoms with van der Waals surface area (Å²) in [7, 11) is 0. The topological polar surface area (TPSA) is 46.3 Å². The molecule has 4 nitrogen and oxygen atoms in total. The van der Waals surface area contributed by atoms with E-state index in [0.717, 1.165) is 37.4 Å². The second kappa shape index (κ2) is 7.37. The number of carbonyl (C=O) groups is 1. The molecular formula is C12H20N2O2S. The lowest BCUT2D eigenvalue weighted by atomic mass is 10.4. The average molecular weight is 256 g/mol. The number of rotatable bonds is 6.